The molecule has 0 radical (unpaired) electrons. The van der Waals surface area contributed by atoms with E-state index >= 15 is 0 Å². The van der Waals surface area contributed by atoms with E-state index in [2.05, 4.69) is 15.6 Å². The molecule has 6 heteroatoms. The van der Waals surface area contributed by atoms with Gasteiger partial charge in [-0.3, -0.25) is 4.79 Å². The van der Waals surface area contributed by atoms with Crippen molar-refractivity contribution in [2.24, 2.45) is 0 Å². The van der Waals surface area contributed by atoms with Crippen molar-refractivity contribution in [1.29, 1.82) is 0 Å². The average molecular weight is 295 g/mol. The molecule has 0 aromatic carbocycles. The van der Waals surface area contributed by atoms with Crippen molar-refractivity contribution in [3.8, 4) is 0 Å². The van der Waals surface area contributed by atoms with Crippen LogP contribution >= 0.6 is 11.3 Å². The Morgan fingerprint density at radius 3 is 3.10 bits per heavy atom. The monoisotopic (exact) mass is 295 g/mol. The third-order valence-corrected chi connectivity index (χ3v) is 5.00. The molecule has 2 N–H and O–H groups in total. The van der Waals surface area contributed by atoms with Gasteiger partial charge in [-0.15, -0.1) is 11.3 Å². The largest absolute Gasteiger partial charge is 0.375 e. The Balaban J connectivity index is 1.66. The van der Waals surface area contributed by atoms with Crippen LogP contribution in [0.4, 0.5) is 5.13 Å². The van der Waals surface area contributed by atoms with Crippen LogP contribution in [0, 0.1) is 0 Å². The minimum absolute atomic E-state index is 0.0406. The topological polar surface area (TPSA) is 63.2 Å². The van der Waals surface area contributed by atoms with Gasteiger partial charge >= 0.3 is 0 Å². The number of thiazole rings is 1. The van der Waals surface area contributed by atoms with Crippen molar-refractivity contribution in [2.45, 2.75) is 51.2 Å². The lowest BCUT2D eigenvalue weighted by Gasteiger charge is -2.28. The predicted molar refractivity (Wildman–Crippen MR) is 79.2 cm³/mol. The van der Waals surface area contributed by atoms with Crippen molar-refractivity contribution in [1.82, 2.24) is 10.3 Å². The summed E-state index contributed by atoms with van der Waals surface area (Å²) >= 11 is 1.63. The summed E-state index contributed by atoms with van der Waals surface area (Å²) in [6.07, 6.45) is 5.77. The Labute approximate surface area is 123 Å². The molecule has 1 amide bonds. The number of amides is 1. The van der Waals surface area contributed by atoms with Crippen LogP contribution in [-0.4, -0.2) is 36.2 Å². The first-order valence-electron chi connectivity index (χ1n) is 7.38. The third kappa shape index (κ3) is 3.02. The van der Waals surface area contributed by atoms with E-state index in [4.69, 9.17) is 4.74 Å². The van der Waals surface area contributed by atoms with Gasteiger partial charge in [0.15, 0.2) is 5.13 Å². The number of aromatic nitrogens is 1. The van der Waals surface area contributed by atoms with E-state index in [1.165, 1.54) is 29.8 Å². The second kappa shape index (κ2) is 6.20. The number of hydrogen-bond donors (Lipinski definition) is 2. The average Bonchev–Trinajstić information content (AvgIpc) is 2.68. The van der Waals surface area contributed by atoms with E-state index in [-0.39, 0.29) is 18.1 Å². The summed E-state index contributed by atoms with van der Waals surface area (Å²) in [4.78, 5) is 18.2. The lowest BCUT2D eigenvalue weighted by molar-refractivity contribution is -0.123. The fraction of sp³-hybridized carbons (Fsp3) is 0.714. The first-order chi connectivity index (χ1) is 9.74. The van der Waals surface area contributed by atoms with Gasteiger partial charge in [0.25, 0.3) is 0 Å². The van der Waals surface area contributed by atoms with Crippen LogP contribution in [0.5, 0.6) is 0 Å². The predicted octanol–water partition coefficient (Wildman–Crippen LogP) is 1.73. The standard InChI is InChI=1S/C14H21N3O2S/c1-9-12(15-7-8-19-9)13(18)17-14-16-10-5-3-2-4-6-11(10)20-14/h9,12,15H,2-8H2,1H3,(H,16,17,18)/t9-,12+/m1/s1. The second-order valence-corrected chi connectivity index (χ2v) is 6.53. The van der Waals surface area contributed by atoms with E-state index in [9.17, 15) is 4.79 Å². The first kappa shape index (κ1) is 14.0. The zero-order valence-electron chi connectivity index (χ0n) is 11.8. The Morgan fingerprint density at radius 1 is 1.40 bits per heavy atom. The van der Waals surface area contributed by atoms with Gasteiger partial charge in [0.05, 0.1) is 18.4 Å². The Hall–Kier alpha value is -0.980. The fourth-order valence-electron chi connectivity index (χ4n) is 2.79. The number of nitrogens with zero attached hydrogens (tertiary/aromatic N) is 1. The number of rotatable bonds is 2. The highest BCUT2D eigenvalue weighted by molar-refractivity contribution is 7.15. The first-order valence-corrected chi connectivity index (χ1v) is 8.20. The van der Waals surface area contributed by atoms with Crippen molar-refractivity contribution < 1.29 is 9.53 Å². The van der Waals surface area contributed by atoms with Gasteiger partial charge in [0.2, 0.25) is 5.91 Å². The molecule has 3 rings (SSSR count). The molecular weight excluding hydrogens is 274 g/mol. The SMILES string of the molecule is C[C@H]1OCCN[C@@H]1C(=O)Nc1nc2c(s1)CCCCC2. The lowest BCUT2D eigenvalue weighted by Crippen LogP contribution is -2.53. The molecule has 20 heavy (non-hydrogen) atoms. The van der Waals surface area contributed by atoms with Crippen molar-refractivity contribution in [3.63, 3.8) is 0 Å². The Bertz CT molecular complexity index is 465. The molecule has 0 unspecified atom stereocenters. The quantitative estimate of drug-likeness (QED) is 0.816. The smallest absolute Gasteiger partial charge is 0.245 e. The molecule has 1 aromatic heterocycles. The molecule has 1 fully saturated rings. The highest BCUT2D eigenvalue weighted by Crippen LogP contribution is 2.29. The molecule has 2 atom stereocenters. The maximum absolute atomic E-state index is 12.3. The van der Waals surface area contributed by atoms with Gasteiger partial charge in [0, 0.05) is 11.4 Å². The van der Waals surface area contributed by atoms with Crippen molar-refractivity contribution in [2.75, 3.05) is 18.5 Å². The molecule has 0 saturated carbocycles. The minimum Gasteiger partial charge on any atom is -0.375 e. The zero-order valence-corrected chi connectivity index (χ0v) is 12.6. The van der Waals surface area contributed by atoms with Crippen LogP contribution in [-0.2, 0) is 22.4 Å². The van der Waals surface area contributed by atoms with Gasteiger partial charge in [-0.25, -0.2) is 4.98 Å². The lowest BCUT2D eigenvalue weighted by atomic mass is 10.1. The van der Waals surface area contributed by atoms with Crippen molar-refractivity contribution in [3.05, 3.63) is 10.6 Å². The number of carbonyl (C=O) groups excluding carboxylic acids is 1. The van der Waals surface area contributed by atoms with Gasteiger partial charge in [-0.2, -0.15) is 0 Å². The number of anilines is 1. The summed E-state index contributed by atoms with van der Waals surface area (Å²) in [5.74, 6) is -0.0406. The number of hydrogen-bond acceptors (Lipinski definition) is 5. The fourth-order valence-corrected chi connectivity index (χ4v) is 3.85. The minimum atomic E-state index is -0.285. The van der Waals surface area contributed by atoms with Crippen LogP contribution in [0.15, 0.2) is 0 Å². The molecule has 1 aliphatic heterocycles. The van der Waals surface area contributed by atoms with Crippen LogP contribution in [0.25, 0.3) is 0 Å². The zero-order chi connectivity index (χ0) is 13.9. The van der Waals surface area contributed by atoms with Crippen LogP contribution in [0.3, 0.4) is 0 Å². The maximum Gasteiger partial charge on any atom is 0.245 e. The van der Waals surface area contributed by atoms with E-state index in [0.717, 1.165) is 24.5 Å². The summed E-state index contributed by atoms with van der Waals surface area (Å²) in [6, 6.07) is -0.285. The van der Waals surface area contributed by atoms with Gasteiger partial charge in [-0.05, 0) is 32.6 Å². The van der Waals surface area contributed by atoms with Crippen LogP contribution < -0.4 is 10.6 Å². The molecule has 5 nitrogen and oxygen atoms in total. The normalized spacial score (nSPS) is 26.6. The maximum atomic E-state index is 12.3. The Morgan fingerprint density at radius 2 is 2.25 bits per heavy atom. The number of fused-ring (bicyclic) bond motifs is 1. The number of aryl methyl sites for hydroxylation is 2. The van der Waals surface area contributed by atoms with Gasteiger partial charge in [-0.1, -0.05) is 6.42 Å². The number of ether oxygens (including phenoxy) is 1. The summed E-state index contributed by atoms with van der Waals surface area (Å²) in [6.45, 7) is 3.31. The van der Waals surface area contributed by atoms with E-state index in [1.54, 1.807) is 11.3 Å². The summed E-state index contributed by atoms with van der Waals surface area (Å²) in [7, 11) is 0. The van der Waals surface area contributed by atoms with E-state index < -0.39 is 0 Å². The number of carbonyl (C=O) groups is 1. The molecule has 1 aliphatic carbocycles. The molecule has 1 aromatic rings. The summed E-state index contributed by atoms with van der Waals surface area (Å²) < 4.78 is 5.51. The van der Waals surface area contributed by atoms with E-state index in [1.807, 2.05) is 6.92 Å². The van der Waals surface area contributed by atoms with Crippen LogP contribution in [0.2, 0.25) is 0 Å². The summed E-state index contributed by atoms with van der Waals surface area (Å²) in [5.41, 5.74) is 1.18. The number of morpholine rings is 1. The Kier molecular flexibility index (Phi) is 4.33. The molecule has 2 heterocycles. The van der Waals surface area contributed by atoms with Gasteiger partial charge < -0.3 is 15.4 Å². The molecular formula is C14H21N3O2S. The van der Waals surface area contributed by atoms with Crippen molar-refractivity contribution >= 4 is 22.4 Å². The molecule has 110 valence electrons. The molecule has 1 saturated heterocycles. The molecule has 0 spiro atoms. The highest BCUT2D eigenvalue weighted by Gasteiger charge is 2.29. The third-order valence-electron chi connectivity index (χ3n) is 3.92. The van der Waals surface area contributed by atoms with Crippen LogP contribution in [0.1, 0.15) is 36.8 Å². The number of nitrogens with one attached hydrogen (secondary N) is 2. The van der Waals surface area contributed by atoms with E-state index in [0.29, 0.717) is 6.61 Å². The van der Waals surface area contributed by atoms with Gasteiger partial charge in [0.1, 0.15) is 6.04 Å². The summed E-state index contributed by atoms with van der Waals surface area (Å²) in [5, 5.41) is 6.88. The highest BCUT2D eigenvalue weighted by atomic mass is 32.1. The molecule has 0 bridgehead atoms. The second-order valence-electron chi connectivity index (χ2n) is 5.45. The molecule has 2 aliphatic rings.